The van der Waals surface area contributed by atoms with Crippen molar-refractivity contribution in [2.24, 2.45) is 0 Å². The lowest BCUT2D eigenvalue weighted by Crippen LogP contribution is -2.42. The van der Waals surface area contributed by atoms with E-state index in [0.29, 0.717) is 73.6 Å². The van der Waals surface area contributed by atoms with Crippen LogP contribution in [0.5, 0.6) is 92.0 Å². The first-order valence-electron chi connectivity index (χ1n) is 50.5. The highest BCUT2D eigenvalue weighted by molar-refractivity contribution is 5.92. The molecule has 16 aromatic rings. The average Bonchev–Trinajstić information content (AvgIpc) is 0.762. The maximum atomic E-state index is 10.2. The summed E-state index contributed by atoms with van der Waals surface area (Å²) >= 11 is 0. The Morgan fingerprint density at radius 2 is 0.590 bits per heavy atom. The summed E-state index contributed by atoms with van der Waals surface area (Å²) in [5, 5.41) is 166. The van der Waals surface area contributed by atoms with Gasteiger partial charge in [0.2, 0.25) is 104 Å². The van der Waals surface area contributed by atoms with Crippen molar-refractivity contribution in [3.05, 3.63) is 240 Å². The highest BCUT2D eigenvalue weighted by Gasteiger charge is 2.34. The van der Waals surface area contributed by atoms with Crippen LogP contribution in [0, 0.1) is 0 Å². The molecule has 8 aromatic carbocycles. The summed E-state index contributed by atoms with van der Waals surface area (Å²) < 4.78 is 16.0. The zero-order valence-corrected chi connectivity index (χ0v) is 90.4. The van der Waals surface area contributed by atoms with E-state index >= 15 is 0 Å². The van der Waals surface area contributed by atoms with Crippen LogP contribution in [0.15, 0.2) is 195 Å². The Kier molecular flexibility index (Phi) is 37.7. The molecule has 24 heteroatoms. The van der Waals surface area contributed by atoms with Crippen LogP contribution in [-0.2, 0) is 0 Å². The van der Waals surface area contributed by atoms with Crippen molar-refractivity contribution in [3.8, 4) is 92.0 Å². The molecule has 0 aliphatic heterocycles. The fourth-order valence-electron chi connectivity index (χ4n) is 18.4. The number of benzene rings is 8. The Balaban J connectivity index is 0.000000183. The van der Waals surface area contributed by atoms with Gasteiger partial charge in [-0.2, -0.15) is 36.5 Å². The van der Waals surface area contributed by atoms with Crippen molar-refractivity contribution in [3.63, 3.8) is 0 Å². The second-order valence-electron chi connectivity index (χ2n) is 42.1. The van der Waals surface area contributed by atoms with Crippen LogP contribution in [0.4, 0.5) is 0 Å². The number of rotatable bonds is 16. The zero-order chi connectivity index (χ0) is 108. The Bertz CT molecular complexity index is 7070. The topological polar surface area (TPSA) is 355 Å². The largest absolute Gasteiger partial charge is 0.504 e. The number of phenolic OH excluding ortho intramolecular Hbond substituents is 6. The number of aromatic nitrogens is 8. The van der Waals surface area contributed by atoms with Crippen LogP contribution in [0.25, 0.3) is 87.2 Å². The standard InChI is InChI=1S/8C15H19NO2/c1-9(2)11-5-6-13-12(7-11)15(18)14(17)8-16(13)10(3)4;1-9(2)11-5-6-12-13(7-11)16(10(3)4)8-14(17)15(12)18;1-9(2)11-7-8-16(10(3)4)14-12(11)5-6-13(17)15(14)18;1-9(2)12-8-13(17)15(18)14-11(12)6-5-7-16(14)10(3)4;1-9(2)11-6-5-7-12-14(11)15(18)13(17)8-16(12)10(3)4;1-9(2)11-6-5-7-12-14(11)16(10(3)4)8-13(17)15(12)18;1-9(2)12-8-11-6-5-7-16(10(3)4)13(11)15(18)14(12)17;1-9(2)13-15(18)14(17)11-7-5-6-8-12(11)16(13)10(3)4/h2*5-10,17H,1-4H3;2*5-10,18H,1-4H3;2*5-10,17H,1-4H3;2*5-10,18H,1-4H3/p+8. The molecule has 0 amide bonds. The minimum atomic E-state index is -0.0755. The molecular weight excluding hydrogens is 1810 g/mol. The van der Waals surface area contributed by atoms with Gasteiger partial charge in [-0.15, -0.1) is 0 Å². The first-order chi connectivity index (χ1) is 67.4. The molecule has 0 saturated heterocycles. The number of pyridine rings is 8. The molecule has 0 unspecified atom stereocenters. The van der Waals surface area contributed by atoms with E-state index in [9.17, 15) is 81.7 Å². The number of fused-ring (bicyclic) bond motifs is 8. The highest BCUT2D eigenvalue weighted by Crippen LogP contribution is 2.45. The summed E-state index contributed by atoms with van der Waals surface area (Å²) in [6.45, 7) is 66.3. The SMILES string of the molecule is CC(C)c1c(O)c(O)c2ccccc2[n+]1C(C)C.CC(C)c1cc(O)c(O)c2c1ccc[n+]2C(C)C.CC(C)c1cc2ccc[n+](C(C)C)c2c(O)c1O.CC(C)c1cc[n+](C(C)C)c2c(O)c(O)ccc12.CC(C)c1ccc2c(O)c(O)c[n+](C(C)C)c2c1.CC(C)c1ccc2c(c1)c(O)c(O)c[n+]2C(C)C.CC(C)c1cccc2c(O)c(O)c[n+](C(C)C)c12.CC(C)c1cccc2c1c(O)c(O)c[n+]2C(C)C. The summed E-state index contributed by atoms with van der Waals surface area (Å²) in [7, 11) is 0. The monoisotopic (exact) mass is 1970 g/mol. The molecule has 0 fully saturated rings. The van der Waals surface area contributed by atoms with Crippen LogP contribution in [-0.4, -0.2) is 81.7 Å². The molecule has 0 aliphatic rings. The molecule has 0 aliphatic carbocycles. The Morgan fingerprint density at radius 3 is 1.10 bits per heavy atom. The van der Waals surface area contributed by atoms with Crippen LogP contribution in [0.1, 0.15) is 362 Å². The van der Waals surface area contributed by atoms with E-state index in [0.717, 1.165) is 77.1 Å². The first kappa shape index (κ1) is 113. The van der Waals surface area contributed by atoms with E-state index < -0.39 is 0 Å². The molecule has 0 atom stereocenters. The van der Waals surface area contributed by atoms with Crippen LogP contribution < -0.4 is 36.5 Å². The Morgan fingerprint density at radius 1 is 0.188 bits per heavy atom. The fourth-order valence-corrected chi connectivity index (χ4v) is 18.4. The molecule has 0 radical (unpaired) electrons. The second-order valence-corrected chi connectivity index (χ2v) is 42.1. The predicted octanol–water partition coefficient (Wildman–Crippen LogP) is 25.9. The van der Waals surface area contributed by atoms with Gasteiger partial charge in [0.05, 0.1) is 43.1 Å². The number of nitrogens with zero attached hydrogens (tertiary/aromatic N) is 8. The number of hydrogen-bond donors (Lipinski definition) is 16. The van der Waals surface area contributed by atoms with Gasteiger partial charge < -0.3 is 81.7 Å². The third-order valence-corrected chi connectivity index (χ3v) is 26.1. The smallest absolute Gasteiger partial charge is 0.259 e. The van der Waals surface area contributed by atoms with E-state index in [4.69, 9.17) is 0 Å². The van der Waals surface area contributed by atoms with E-state index in [2.05, 4.69) is 195 Å². The maximum Gasteiger partial charge on any atom is 0.259 e. The third kappa shape index (κ3) is 24.7. The van der Waals surface area contributed by atoms with Gasteiger partial charge in [-0.1, -0.05) is 159 Å². The fraction of sp³-hybridized carbons (Fsp3) is 0.400. The molecule has 16 N–H and O–H groups in total. The van der Waals surface area contributed by atoms with Gasteiger partial charge in [0.25, 0.3) is 16.6 Å². The number of para-hydroxylation sites is 2. The van der Waals surface area contributed by atoms with Crippen molar-refractivity contribution in [1.82, 2.24) is 0 Å². The maximum absolute atomic E-state index is 10.2. The van der Waals surface area contributed by atoms with Crippen LogP contribution in [0.3, 0.4) is 0 Å². The van der Waals surface area contributed by atoms with Gasteiger partial charge in [-0.3, -0.25) is 0 Å². The average molecular weight is 1970 g/mol. The van der Waals surface area contributed by atoms with Crippen molar-refractivity contribution in [2.45, 2.75) is 317 Å². The molecule has 16 rings (SSSR count). The molecule has 144 heavy (non-hydrogen) atoms. The van der Waals surface area contributed by atoms with E-state index in [1.54, 1.807) is 36.9 Å². The Hall–Kier alpha value is -14.2. The van der Waals surface area contributed by atoms with E-state index in [1.165, 1.54) is 16.7 Å². The van der Waals surface area contributed by atoms with Gasteiger partial charge in [-0.25, -0.2) is 0 Å². The van der Waals surface area contributed by atoms with Crippen molar-refractivity contribution in [2.75, 3.05) is 0 Å². The lowest BCUT2D eigenvalue weighted by atomic mass is 9.97. The molecule has 0 saturated carbocycles. The molecule has 0 spiro atoms. The highest BCUT2D eigenvalue weighted by atomic mass is 16.3. The minimum Gasteiger partial charge on any atom is -0.504 e. The molecular formula is C120H160N8O16+8. The van der Waals surface area contributed by atoms with Gasteiger partial charge >= 0.3 is 0 Å². The van der Waals surface area contributed by atoms with E-state index in [1.807, 2.05) is 221 Å². The number of phenols is 6. The third-order valence-electron chi connectivity index (χ3n) is 26.1. The molecule has 0 bridgehead atoms. The minimum absolute atomic E-state index is 0.00176. The summed E-state index contributed by atoms with van der Waals surface area (Å²) in [5.41, 5.74) is 15.3. The Labute approximate surface area is 849 Å². The summed E-state index contributed by atoms with van der Waals surface area (Å²) in [5.74, 6) is 1.80. The molecule has 8 aromatic heterocycles. The number of hydrogen-bond acceptors (Lipinski definition) is 16. The van der Waals surface area contributed by atoms with E-state index in [-0.39, 0.29) is 152 Å². The second kappa shape index (κ2) is 47.8. The lowest BCUT2D eigenvalue weighted by molar-refractivity contribution is -0.699. The van der Waals surface area contributed by atoms with Crippen molar-refractivity contribution >= 4 is 87.2 Å². The van der Waals surface area contributed by atoms with Crippen LogP contribution >= 0.6 is 0 Å². The van der Waals surface area contributed by atoms with Crippen LogP contribution in [0.2, 0.25) is 0 Å². The van der Waals surface area contributed by atoms with Crippen molar-refractivity contribution in [1.29, 1.82) is 0 Å². The van der Waals surface area contributed by atoms with Gasteiger partial charge in [-0.05, 0) is 241 Å². The van der Waals surface area contributed by atoms with Gasteiger partial charge in [0.15, 0.2) is 113 Å². The normalized spacial score (nSPS) is 11.7. The molecule has 8 heterocycles. The zero-order valence-electron chi connectivity index (χ0n) is 90.4. The summed E-state index contributed by atoms with van der Waals surface area (Å²) in [6.07, 6.45) is 12.2. The predicted molar refractivity (Wildman–Crippen MR) is 576 cm³/mol. The first-order valence-corrected chi connectivity index (χ1v) is 50.5. The molecule has 768 valence electrons. The number of aromatic hydroxyl groups is 16. The van der Waals surface area contributed by atoms with Gasteiger partial charge in [0, 0.05) is 59.5 Å². The summed E-state index contributed by atoms with van der Waals surface area (Å²) in [4.78, 5) is 0. The quantitative estimate of drug-likeness (QED) is 0.0316. The summed E-state index contributed by atoms with van der Waals surface area (Å²) in [6, 6.07) is 50.2. The van der Waals surface area contributed by atoms with Crippen molar-refractivity contribution < 1.29 is 118 Å². The molecule has 24 nitrogen and oxygen atoms in total. The van der Waals surface area contributed by atoms with Gasteiger partial charge in [0.1, 0.15) is 0 Å². The lowest BCUT2D eigenvalue weighted by Gasteiger charge is -2.15.